The van der Waals surface area contributed by atoms with Crippen LogP contribution >= 0.6 is 0 Å². The molecule has 27 heavy (non-hydrogen) atoms. The summed E-state index contributed by atoms with van der Waals surface area (Å²) in [4.78, 5) is 18.5. The van der Waals surface area contributed by atoms with Crippen molar-refractivity contribution in [3.05, 3.63) is 78.4 Å². The maximum absolute atomic E-state index is 12.0. The molecule has 5 heteroatoms. The molecule has 0 saturated carbocycles. The Kier molecular flexibility index (Phi) is 5.01. The number of rotatable bonds is 5. The largest absolute Gasteiger partial charge is 0.447 e. The Bertz CT molecular complexity index is 956. The van der Waals surface area contributed by atoms with Crippen molar-refractivity contribution in [2.45, 2.75) is 12.6 Å². The highest BCUT2D eigenvalue weighted by Crippen LogP contribution is 2.18. The van der Waals surface area contributed by atoms with E-state index in [1.807, 2.05) is 48.8 Å². The van der Waals surface area contributed by atoms with Gasteiger partial charge >= 0.3 is 6.09 Å². The molecule has 0 spiro atoms. The van der Waals surface area contributed by atoms with Gasteiger partial charge in [-0.1, -0.05) is 54.6 Å². The molecule has 0 fully saturated rings. The maximum atomic E-state index is 12.0. The summed E-state index contributed by atoms with van der Waals surface area (Å²) in [6.45, 7) is 1.67. The number of nitrogens with zero attached hydrogens (tertiary/aromatic N) is 2. The summed E-state index contributed by atoms with van der Waals surface area (Å²) in [6.07, 6.45) is 1.40. The third-order valence-electron chi connectivity index (χ3n) is 4.62. The highest BCUT2D eigenvalue weighted by Gasteiger charge is 2.22. The number of anilines is 1. The minimum absolute atomic E-state index is 0.0537. The molecule has 3 aromatic rings. The minimum atomic E-state index is -0.446. The van der Waals surface area contributed by atoms with Crippen LogP contribution in [0.2, 0.25) is 0 Å². The summed E-state index contributed by atoms with van der Waals surface area (Å²) in [5.74, 6) is 0. The fourth-order valence-electron chi connectivity index (χ4n) is 3.19. The highest BCUT2D eigenvalue weighted by molar-refractivity contribution is 5.84. The summed E-state index contributed by atoms with van der Waals surface area (Å²) in [5, 5.41) is 5.18. The molecule has 1 heterocycles. The Hall–Kier alpha value is -3.34. The van der Waals surface area contributed by atoms with Crippen LogP contribution in [0.4, 0.5) is 10.5 Å². The van der Waals surface area contributed by atoms with Gasteiger partial charge in [0.25, 0.3) is 0 Å². The van der Waals surface area contributed by atoms with Crippen molar-refractivity contribution in [1.82, 2.24) is 4.90 Å². The second-order valence-electron chi connectivity index (χ2n) is 6.58. The smallest absolute Gasteiger partial charge is 0.411 e. The van der Waals surface area contributed by atoms with Crippen LogP contribution in [0.3, 0.4) is 0 Å². The van der Waals surface area contributed by atoms with Crippen LogP contribution < -0.4 is 5.32 Å². The monoisotopic (exact) mass is 359 g/mol. The topological polar surface area (TPSA) is 53.9 Å². The van der Waals surface area contributed by atoms with E-state index in [2.05, 4.69) is 45.5 Å². The molecule has 0 aromatic heterocycles. The zero-order chi connectivity index (χ0) is 18.5. The number of aliphatic imine (C=N–C) groups is 1. The molecule has 1 unspecified atom stereocenters. The van der Waals surface area contributed by atoms with E-state index >= 15 is 0 Å². The van der Waals surface area contributed by atoms with Gasteiger partial charge < -0.3 is 9.64 Å². The molecule has 1 aliphatic rings. The lowest BCUT2D eigenvalue weighted by Crippen LogP contribution is -2.36. The number of carbonyl (C=O) groups excluding carboxylic acids is 1. The first kappa shape index (κ1) is 17.1. The molecule has 3 aromatic carbocycles. The summed E-state index contributed by atoms with van der Waals surface area (Å²) < 4.78 is 5.40. The average Bonchev–Trinajstić information content (AvgIpc) is 3.14. The van der Waals surface area contributed by atoms with Crippen LogP contribution in [-0.2, 0) is 11.3 Å². The van der Waals surface area contributed by atoms with E-state index in [0.29, 0.717) is 13.2 Å². The number of hydrogen-bond donors (Lipinski definition) is 1. The fraction of sp³-hybridized carbons (Fsp3) is 0.182. The molecule has 5 nitrogen and oxygen atoms in total. The first-order chi connectivity index (χ1) is 13.3. The van der Waals surface area contributed by atoms with Crippen molar-refractivity contribution < 1.29 is 9.53 Å². The van der Waals surface area contributed by atoms with Gasteiger partial charge in [0.15, 0.2) is 0 Å². The Morgan fingerprint density at radius 1 is 1.04 bits per heavy atom. The Morgan fingerprint density at radius 3 is 2.67 bits per heavy atom. The second-order valence-corrected chi connectivity index (χ2v) is 6.58. The van der Waals surface area contributed by atoms with Gasteiger partial charge in [-0.3, -0.25) is 10.3 Å². The molecular formula is C22H21N3O2. The van der Waals surface area contributed by atoms with E-state index in [1.165, 1.54) is 16.3 Å². The van der Waals surface area contributed by atoms with Crippen molar-refractivity contribution >= 4 is 28.9 Å². The molecule has 1 atom stereocenters. The van der Waals surface area contributed by atoms with Gasteiger partial charge in [0, 0.05) is 12.2 Å². The molecular weight excluding hydrogens is 338 g/mol. The first-order valence-corrected chi connectivity index (χ1v) is 9.00. The van der Waals surface area contributed by atoms with Crippen molar-refractivity contribution in [1.29, 1.82) is 0 Å². The predicted molar refractivity (Wildman–Crippen MR) is 108 cm³/mol. The van der Waals surface area contributed by atoms with E-state index in [-0.39, 0.29) is 6.04 Å². The third-order valence-corrected chi connectivity index (χ3v) is 4.62. The number of carbonyl (C=O) groups is 1. The van der Waals surface area contributed by atoms with Crippen molar-refractivity contribution in [3.63, 3.8) is 0 Å². The van der Waals surface area contributed by atoms with Crippen molar-refractivity contribution in [2.75, 3.05) is 18.5 Å². The Labute approximate surface area is 158 Å². The number of fused-ring (bicyclic) bond motifs is 1. The highest BCUT2D eigenvalue weighted by atomic mass is 16.5. The molecule has 1 amide bonds. The molecule has 136 valence electrons. The maximum Gasteiger partial charge on any atom is 0.411 e. The summed E-state index contributed by atoms with van der Waals surface area (Å²) in [7, 11) is 0. The Morgan fingerprint density at radius 2 is 1.81 bits per heavy atom. The lowest BCUT2D eigenvalue weighted by atomic mass is 10.1. The van der Waals surface area contributed by atoms with Crippen LogP contribution in [0.5, 0.6) is 0 Å². The van der Waals surface area contributed by atoms with Crippen molar-refractivity contribution in [2.24, 2.45) is 4.99 Å². The summed E-state index contributed by atoms with van der Waals surface area (Å²) in [6, 6.07) is 24.1. The number of ether oxygens (including phenoxy) is 1. The molecule has 4 rings (SSSR count). The third kappa shape index (κ3) is 4.26. The number of nitrogens with one attached hydrogen (secondary N) is 1. The fourth-order valence-corrected chi connectivity index (χ4v) is 3.19. The van der Waals surface area contributed by atoms with E-state index < -0.39 is 6.09 Å². The van der Waals surface area contributed by atoms with Gasteiger partial charge in [0.1, 0.15) is 6.61 Å². The molecule has 1 N–H and O–H groups in total. The number of amides is 1. The van der Waals surface area contributed by atoms with Crippen LogP contribution in [0.1, 0.15) is 5.56 Å². The first-order valence-electron chi connectivity index (χ1n) is 9.00. The molecule has 0 aliphatic carbocycles. The van der Waals surface area contributed by atoms with Gasteiger partial charge in [-0.2, -0.15) is 0 Å². The van der Waals surface area contributed by atoms with Gasteiger partial charge in [0.2, 0.25) is 0 Å². The summed E-state index contributed by atoms with van der Waals surface area (Å²) >= 11 is 0. The van der Waals surface area contributed by atoms with E-state index in [1.54, 1.807) is 0 Å². The normalized spacial score (nSPS) is 15.9. The number of para-hydroxylation sites is 1. The second kappa shape index (κ2) is 7.91. The van der Waals surface area contributed by atoms with Crippen LogP contribution in [0.15, 0.2) is 77.8 Å². The van der Waals surface area contributed by atoms with Gasteiger partial charge in [-0.05, 0) is 34.5 Å². The standard InChI is InChI=1S/C22H21N3O2/c26-22(24-20-8-2-1-3-9-20)27-15-21-13-23-16-25(21)14-17-10-11-18-6-4-5-7-19(18)12-17/h1-12,16,21H,13-15H2,(H,24,26). The lowest BCUT2D eigenvalue weighted by molar-refractivity contribution is 0.132. The number of hydrogen-bond acceptors (Lipinski definition) is 4. The van der Waals surface area contributed by atoms with Crippen LogP contribution in [-0.4, -0.2) is 36.5 Å². The van der Waals surface area contributed by atoms with Gasteiger partial charge in [-0.25, -0.2) is 4.79 Å². The molecule has 1 aliphatic heterocycles. The van der Waals surface area contributed by atoms with E-state index in [4.69, 9.17) is 4.74 Å². The lowest BCUT2D eigenvalue weighted by Gasteiger charge is -2.24. The quantitative estimate of drug-likeness (QED) is 0.739. The average molecular weight is 359 g/mol. The van der Waals surface area contributed by atoms with Crippen LogP contribution in [0.25, 0.3) is 10.8 Å². The van der Waals surface area contributed by atoms with E-state index in [0.717, 1.165) is 12.2 Å². The van der Waals surface area contributed by atoms with Gasteiger partial charge in [-0.15, -0.1) is 0 Å². The Balaban J connectivity index is 1.34. The molecule has 0 saturated heterocycles. The van der Waals surface area contributed by atoms with Crippen LogP contribution in [0, 0.1) is 0 Å². The van der Waals surface area contributed by atoms with Crippen molar-refractivity contribution in [3.8, 4) is 0 Å². The van der Waals surface area contributed by atoms with Gasteiger partial charge in [0.05, 0.1) is 18.9 Å². The zero-order valence-electron chi connectivity index (χ0n) is 14.9. The minimum Gasteiger partial charge on any atom is -0.447 e. The molecule has 0 radical (unpaired) electrons. The predicted octanol–water partition coefficient (Wildman–Crippen LogP) is 4.30. The molecule has 0 bridgehead atoms. The SMILES string of the molecule is O=C(Nc1ccccc1)OCC1CN=CN1Cc1ccc2ccccc2c1. The zero-order valence-corrected chi connectivity index (χ0v) is 14.9. The number of benzene rings is 3. The summed E-state index contributed by atoms with van der Waals surface area (Å²) in [5.41, 5.74) is 1.93. The van der Waals surface area contributed by atoms with E-state index in [9.17, 15) is 4.79 Å².